The first-order valence-electron chi connectivity index (χ1n) is 4.99. The number of amides is 1. The van der Waals surface area contributed by atoms with Crippen LogP contribution in [0.25, 0.3) is 0 Å². The number of nitriles is 1. The van der Waals surface area contributed by atoms with E-state index in [2.05, 4.69) is 5.32 Å². The fourth-order valence-corrected chi connectivity index (χ4v) is 1.44. The summed E-state index contributed by atoms with van der Waals surface area (Å²) < 4.78 is 0. The minimum Gasteiger partial charge on any atom is -0.480 e. The number of nitrogens with zero attached hydrogens (tertiary/aromatic N) is 2. The molecule has 0 bridgehead atoms. The van der Waals surface area contributed by atoms with Gasteiger partial charge < -0.3 is 15.3 Å². The van der Waals surface area contributed by atoms with Gasteiger partial charge in [-0.1, -0.05) is 0 Å². The second-order valence-electron chi connectivity index (χ2n) is 3.47. The van der Waals surface area contributed by atoms with Gasteiger partial charge in [-0.15, -0.1) is 0 Å². The van der Waals surface area contributed by atoms with Gasteiger partial charge in [0.2, 0.25) is 0 Å². The van der Waals surface area contributed by atoms with E-state index >= 15 is 0 Å². The number of carbonyl (C=O) groups is 2. The SMILES string of the molecule is N#C/C(=C/N1CCCC1)C(=O)NCC(=O)O. The highest BCUT2D eigenvalue weighted by Gasteiger charge is 2.14. The van der Waals surface area contributed by atoms with Crippen LogP contribution >= 0.6 is 0 Å². The summed E-state index contributed by atoms with van der Waals surface area (Å²) in [5.41, 5.74) is -0.0526. The van der Waals surface area contributed by atoms with E-state index in [1.807, 2.05) is 4.90 Å². The Bertz CT molecular complexity index is 351. The van der Waals surface area contributed by atoms with Crippen LogP contribution in [0.4, 0.5) is 0 Å². The van der Waals surface area contributed by atoms with Crippen molar-refractivity contribution in [2.75, 3.05) is 19.6 Å². The summed E-state index contributed by atoms with van der Waals surface area (Å²) in [4.78, 5) is 23.5. The fourth-order valence-electron chi connectivity index (χ4n) is 1.44. The Labute approximate surface area is 93.1 Å². The van der Waals surface area contributed by atoms with E-state index in [1.165, 1.54) is 6.20 Å². The van der Waals surface area contributed by atoms with Crippen molar-refractivity contribution in [3.63, 3.8) is 0 Å². The summed E-state index contributed by atoms with van der Waals surface area (Å²) in [7, 11) is 0. The lowest BCUT2D eigenvalue weighted by Crippen LogP contribution is -2.31. The Hall–Kier alpha value is -2.03. The maximum atomic E-state index is 11.4. The van der Waals surface area contributed by atoms with Crippen molar-refractivity contribution in [1.29, 1.82) is 5.26 Å². The molecule has 0 radical (unpaired) electrons. The van der Waals surface area contributed by atoms with Crippen LogP contribution < -0.4 is 5.32 Å². The predicted molar refractivity (Wildman–Crippen MR) is 55.1 cm³/mol. The molecule has 6 heteroatoms. The summed E-state index contributed by atoms with van der Waals surface area (Å²) in [5.74, 6) is -1.77. The lowest BCUT2D eigenvalue weighted by Gasteiger charge is -2.11. The molecule has 0 spiro atoms. The molecule has 86 valence electrons. The molecule has 1 rings (SSSR count). The third-order valence-corrected chi connectivity index (χ3v) is 2.22. The van der Waals surface area contributed by atoms with E-state index in [0.717, 1.165) is 25.9 Å². The molecule has 0 aromatic heterocycles. The fraction of sp³-hybridized carbons (Fsp3) is 0.500. The molecule has 0 aliphatic carbocycles. The minimum absolute atomic E-state index is 0.0526. The maximum absolute atomic E-state index is 11.4. The molecule has 0 atom stereocenters. The highest BCUT2D eigenvalue weighted by Crippen LogP contribution is 2.09. The van der Waals surface area contributed by atoms with Crippen LogP contribution in [-0.2, 0) is 9.59 Å². The Balaban J connectivity index is 2.55. The number of rotatable bonds is 4. The highest BCUT2D eigenvalue weighted by atomic mass is 16.4. The summed E-state index contributed by atoms with van der Waals surface area (Å²) in [6, 6.07) is 1.77. The first-order valence-corrected chi connectivity index (χ1v) is 4.99. The van der Waals surface area contributed by atoms with Crippen molar-refractivity contribution in [3.05, 3.63) is 11.8 Å². The highest BCUT2D eigenvalue weighted by molar-refractivity contribution is 5.98. The van der Waals surface area contributed by atoms with Gasteiger partial charge in [-0.25, -0.2) is 0 Å². The first-order chi connectivity index (χ1) is 7.63. The molecule has 0 unspecified atom stereocenters. The molecule has 1 amide bonds. The average Bonchev–Trinajstić information content (AvgIpc) is 2.75. The van der Waals surface area contributed by atoms with Gasteiger partial charge in [0, 0.05) is 19.3 Å². The molecular weight excluding hydrogens is 210 g/mol. The number of hydrogen-bond acceptors (Lipinski definition) is 4. The Morgan fingerprint density at radius 2 is 2.06 bits per heavy atom. The molecule has 1 heterocycles. The van der Waals surface area contributed by atoms with Crippen LogP contribution in [0.1, 0.15) is 12.8 Å². The van der Waals surface area contributed by atoms with E-state index < -0.39 is 18.4 Å². The zero-order chi connectivity index (χ0) is 12.0. The number of nitrogens with one attached hydrogen (secondary N) is 1. The van der Waals surface area contributed by atoms with Gasteiger partial charge in [-0.3, -0.25) is 9.59 Å². The van der Waals surface area contributed by atoms with Gasteiger partial charge in [0.25, 0.3) is 5.91 Å². The number of aliphatic carboxylic acids is 1. The zero-order valence-electron chi connectivity index (χ0n) is 8.77. The van der Waals surface area contributed by atoms with Crippen molar-refractivity contribution >= 4 is 11.9 Å². The van der Waals surface area contributed by atoms with Crippen LogP contribution in [0.15, 0.2) is 11.8 Å². The normalized spacial score (nSPS) is 15.7. The van der Waals surface area contributed by atoms with E-state index in [-0.39, 0.29) is 5.57 Å². The van der Waals surface area contributed by atoms with Crippen LogP contribution in [0.2, 0.25) is 0 Å². The maximum Gasteiger partial charge on any atom is 0.322 e. The standard InChI is InChI=1S/C10H13N3O3/c11-5-8(7-13-3-1-2-4-13)10(16)12-6-9(14)15/h7H,1-4,6H2,(H,12,16)(H,14,15)/b8-7-. The van der Waals surface area contributed by atoms with Gasteiger partial charge in [-0.2, -0.15) is 5.26 Å². The van der Waals surface area contributed by atoms with E-state index in [9.17, 15) is 9.59 Å². The number of carbonyl (C=O) groups excluding carboxylic acids is 1. The quantitative estimate of drug-likeness (QED) is 0.503. The Morgan fingerprint density at radius 1 is 1.44 bits per heavy atom. The van der Waals surface area contributed by atoms with Crippen molar-refractivity contribution in [2.45, 2.75) is 12.8 Å². The lowest BCUT2D eigenvalue weighted by atomic mass is 10.3. The van der Waals surface area contributed by atoms with Crippen LogP contribution in [0.3, 0.4) is 0 Å². The molecule has 16 heavy (non-hydrogen) atoms. The van der Waals surface area contributed by atoms with Gasteiger partial charge in [0.05, 0.1) is 0 Å². The second-order valence-corrected chi connectivity index (χ2v) is 3.47. The van der Waals surface area contributed by atoms with Crippen LogP contribution in [0.5, 0.6) is 0 Å². The minimum atomic E-state index is -1.13. The number of carboxylic acids is 1. The average molecular weight is 223 g/mol. The third-order valence-electron chi connectivity index (χ3n) is 2.22. The molecular formula is C10H13N3O3. The molecule has 1 aliphatic rings. The van der Waals surface area contributed by atoms with Gasteiger partial charge in [0.15, 0.2) is 0 Å². The largest absolute Gasteiger partial charge is 0.480 e. The molecule has 6 nitrogen and oxygen atoms in total. The number of carboxylic acid groups (broad SMARTS) is 1. The first kappa shape index (κ1) is 12.0. The number of hydrogen-bond donors (Lipinski definition) is 2. The van der Waals surface area contributed by atoms with Crippen LogP contribution in [-0.4, -0.2) is 41.5 Å². The summed E-state index contributed by atoms with van der Waals surface area (Å²) >= 11 is 0. The Morgan fingerprint density at radius 3 is 2.56 bits per heavy atom. The van der Waals surface area contributed by atoms with E-state index in [4.69, 9.17) is 10.4 Å². The van der Waals surface area contributed by atoms with Crippen molar-refractivity contribution in [3.8, 4) is 6.07 Å². The topological polar surface area (TPSA) is 93.4 Å². The predicted octanol–water partition coefficient (Wildman–Crippen LogP) is -0.310. The van der Waals surface area contributed by atoms with Crippen molar-refractivity contribution in [1.82, 2.24) is 10.2 Å². The van der Waals surface area contributed by atoms with E-state index in [0.29, 0.717) is 0 Å². The molecule has 1 fully saturated rings. The third kappa shape index (κ3) is 3.61. The molecule has 1 aliphatic heterocycles. The van der Waals surface area contributed by atoms with Crippen molar-refractivity contribution in [2.24, 2.45) is 0 Å². The Kier molecular flexibility index (Phi) is 4.33. The van der Waals surface area contributed by atoms with E-state index in [1.54, 1.807) is 6.07 Å². The van der Waals surface area contributed by atoms with Gasteiger partial charge in [-0.05, 0) is 12.8 Å². The van der Waals surface area contributed by atoms with Gasteiger partial charge >= 0.3 is 5.97 Å². The molecule has 0 aromatic rings. The molecule has 0 saturated carbocycles. The smallest absolute Gasteiger partial charge is 0.322 e. The number of likely N-dealkylation sites (tertiary alicyclic amines) is 1. The summed E-state index contributed by atoms with van der Waals surface area (Å²) in [5, 5.41) is 19.3. The monoisotopic (exact) mass is 223 g/mol. The lowest BCUT2D eigenvalue weighted by molar-refractivity contribution is -0.137. The summed E-state index contributed by atoms with van der Waals surface area (Å²) in [6.45, 7) is 1.19. The molecule has 2 N–H and O–H groups in total. The molecule has 0 aromatic carbocycles. The second kappa shape index (κ2) is 5.75. The van der Waals surface area contributed by atoms with Crippen LogP contribution in [0, 0.1) is 11.3 Å². The summed E-state index contributed by atoms with van der Waals surface area (Å²) in [6.07, 6.45) is 3.59. The molecule has 1 saturated heterocycles. The van der Waals surface area contributed by atoms with Crippen molar-refractivity contribution < 1.29 is 14.7 Å². The zero-order valence-corrected chi connectivity index (χ0v) is 8.77. The van der Waals surface area contributed by atoms with Gasteiger partial charge in [0.1, 0.15) is 18.2 Å².